The number of anilines is 4. The van der Waals surface area contributed by atoms with Gasteiger partial charge in [0.25, 0.3) is 0 Å². The predicted octanol–water partition coefficient (Wildman–Crippen LogP) is 6.20. The van der Waals surface area contributed by atoms with E-state index in [2.05, 4.69) is 0 Å². The van der Waals surface area contributed by atoms with Crippen LogP contribution >= 0.6 is 0 Å². The topological polar surface area (TPSA) is 98.7 Å². The van der Waals surface area contributed by atoms with Crippen LogP contribution in [0.25, 0.3) is 0 Å². The van der Waals surface area contributed by atoms with E-state index in [4.69, 9.17) is 0 Å². The summed E-state index contributed by atoms with van der Waals surface area (Å²) in [7, 11) is 0. The van der Waals surface area contributed by atoms with Crippen LogP contribution < -0.4 is 10.6 Å². The molecule has 1 aliphatic carbocycles. The molecular weight excluding hydrogens is 518 g/mol. The Morgan fingerprint density at radius 2 is 0.789 bits per heavy atom. The predicted molar refractivity (Wildman–Crippen MR) is 122 cm³/mol. The molecule has 0 unspecified atom stereocenters. The van der Waals surface area contributed by atoms with Gasteiger partial charge in [0.2, 0.25) is 11.6 Å². The molecule has 4 N–H and O–H groups in total. The van der Waals surface area contributed by atoms with Crippen molar-refractivity contribution in [2.45, 2.75) is 0 Å². The first kappa shape index (κ1) is 24.7. The Morgan fingerprint density at radius 1 is 0.474 bits per heavy atom. The number of fused-ring (bicyclic) bond motifs is 2. The molecule has 12 heteroatoms. The van der Waals surface area contributed by atoms with Crippen LogP contribution in [-0.2, 0) is 0 Å². The lowest BCUT2D eigenvalue weighted by Crippen LogP contribution is -2.26. The number of hydrogen-bond acceptors (Lipinski definition) is 6. The van der Waals surface area contributed by atoms with Crippen molar-refractivity contribution in [1.82, 2.24) is 0 Å². The van der Waals surface area contributed by atoms with Crippen LogP contribution in [0.5, 0.6) is 11.5 Å². The summed E-state index contributed by atoms with van der Waals surface area (Å²) < 4.78 is 89.5. The SMILES string of the molecule is O=C1c2c(O)ccc(O)c2C(=O)c2c(F)c(Nc3c(F)cccc3F)c(Nc3c(F)cccc3F)c(F)c21. The highest BCUT2D eigenvalue weighted by Gasteiger charge is 2.41. The molecule has 4 aromatic rings. The van der Waals surface area contributed by atoms with Gasteiger partial charge in [0.1, 0.15) is 57.5 Å². The minimum atomic E-state index is -1.74. The number of carbonyl (C=O) groups excluding carboxylic acids is 2. The van der Waals surface area contributed by atoms with E-state index in [1.807, 2.05) is 10.6 Å². The van der Waals surface area contributed by atoms with Gasteiger partial charge in [-0.2, -0.15) is 0 Å². The number of hydrogen-bond donors (Lipinski definition) is 4. The largest absolute Gasteiger partial charge is 0.507 e. The van der Waals surface area contributed by atoms with Crippen LogP contribution in [0.4, 0.5) is 49.1 Å². The molecule has 0 amide bonds. The third-order valence-electron chi connectivity index (χ3n) is 5.87. The fourth-order valence-corrected chi connectivity index (χ4v) is 4.12. The Hall–Kier alpha value is -5.00. The fraction of sp³-hybridized carbons (Fsp3) is 0. The van der Waals surface area contributed by atoms with Gasteiger partial charge in [0.05, 0.1) is 22.3 Å². The zero-order valence-electron chi connectivity index (χ0n) is 18.6. The van der Waals surface area contributed by atoms with Gasteiger partial charge < -0.3 is 20.8 Å². The maximum atomic E-state index is 16.0. The molecule has 4 aromatic carbocycles. The lowest BCUT2D eigenvalue weighted by molar-refractivity contribution is 0.0967. The number of halogens is 6. The fourth-order valence-electron chi connectivity index (χ4n) is 4.12. The van der Waals surface area contributed by atoms with Gasteiger partial charge in [-0.15, -0.1) is 0 Å². The summed E-state index contributed by atoms with van der Waals surface area (Å²) in [6, 6.07) is 6.71. The van der Waals surface area contributed by atoms with Crippen molar-refractivity contribution in [2.75, 3.05) is 10.6 Å². The molecule has 0 heterocycles. The number of nitrogens with one attached hydrogen (secondary N) is 2. The van der Waals surface area contributed by atoms with Crippen molar-refractivity contribution in [2.24, 2.45) is 0 Å². The molecule has 0 bridgehead atoms. The van der Waals surface area contributed by atoms with Crippen molar-refractivity contribution in [3.63, 3.8) is 0 Å². The van der Waals surface area contributed by atoms with Gasteiger partial charge in [0.15, 0.2) is 11.6 Å². The second-order valence-electron chi connectivity index (χ2n) is 8.08. The molecule has 0 saturated carbocycles. The van der Waals surface area contributed by atoms with E-state index in [9.17, 15) is 37.4 Å². The Balaban J connectivity index is 1.84. The van der Waals surface area contributed by atoms with Gasteiger partial charge in [-0.3, -0.25) is 9.59 Å². The number of ketones is 2. The zero-order chi connectivity index (χ0) is 27.5. The van der Waals surface area contributed by atoms with Crippen molar-refractivity contribution in [3.8, 4) is 11.5 Å². The summed E-state index contributed by atoms with van der Waals surface area (Å²) in [5.74, 6) is -13.2. The van der Waals surface area contributed by atoms with Crippen LogP contribution in [0.15, 0.2) is 48.5 Å². The van der Waals surface area contributed by atoms with Crippen molar-refractivity contribution in [3.05, 3.63) is 106 Å². The Bertz CT molecular complexity index is 1540. The highest BCUT2D eigenvalue weighted by molar-refractivity contribution is 6.31. The molecule has 0 aliphatic heterocycles. The zero-order valence-corrected chi connectivity index (χ0v) is 18.6. The molecule has 0 aromatic heterocycles. The minimum absolute atomic E-state index is 0.771. The molecule has 0 spiro atoms. The van der Waals surface area contributed by atoms with E-state index in [-0.39, 0.29) is 0 Å². The quantitative estimate of drug-likeness (QED) is 0.163. The van der Waals surface area contributed by atoms with Crippen molar-refractivity contribution in [1.29, 1.82) is 0 Å². The molecule has 0 atom stereocenters. The summed E-state index contributed by atoms with van der Waals surface area (Å²) in [5.41, 5.74) is -8.58. The summed E-state index contributed by atoms with van der Waals surface area (Å²) in [6.07, 6.45) is 0. The molecule has 38 heavy (non-hydrogen) atoms. The lowest BCUT2D eigenvalue weighted by atomic mass is 9.81. The maximum Gasteiger partial charge on any atom is 0.201 e. The highest BCUT2D eigenvalue weighted by Crippen LogP contribution is 2.45. The standard InChI is InChI=1S/C26H12F6N2O4/c27-9-3-1-4-10(28)21(9)33-23-19(31)17-18(20(32)24(23)34-22-11(29)5-2-6-12(22)30)26(38)16-14(36)8-7-13(35)15(16)25(17)37/h1-8,33-36H. The second-order valence-corrected chi connectivity index (χ2v) is 8.08. The van der Waals surface area contributed by atoms with Gasteiger partial charge in [-0.05, 0) is 36.4 Å². The smallest absolute Gasteiger partial charge is 0.201 e. The van der Waals surface area contributed by atoms with Crippen LogP contribution in [-0.4, -0.2) is 21.8 Å². The number of phenolic OH excluding ortho intramolecular Hbond substituents is 2. The van der Waals surface area contributed by atoms with Gasteiger partial charge in [0, 0.05) is 0 Å². The molecule has 6 nitrogen and oxygen atoms in total. The molecular formula is C26H12F6N2O4. The van der Waals surface area contributed by atoms with Crippen LogP contribution in [0.1, 0.15) is 31.8 Å². The summed E-state index contributed by atoms with van der Waals surface area (Å²) >= 11 is 0. The Labute approximate surface area is 208 Å². The van der Waals surface area contributed by atoms with Crippen LogP contribution in [0.3, 0.4) is 0 Å². The summed E-state index contributed by atoms with van der Waals surface area (Å²) in [4.78, 5) is 26.3. The summed E-state index contributed by atoms with van der Waals surface area (Å²) in [6.45, 7) is 0. The second kappa shape index (κ2) is 8.83. The average molecular weight is 530 g/mol. The third kappa shape index (κ3) is 3.60. The number of aromatic hydroxyl groups is 2. The van der Waals surface area contributed by atoms with Crippen LogP contribution in [0, 0.1) is 34.9 Å². The Kier molecular flexibility index (Phi) is 5.74. The van der Waals surface area contributed by atoms with Gasteiger partial charge in [-0.25, -0.2) is 26.3 Å². The molecule has 1 aliphatic rings. The molecule has 5 rings (SSSR count). The van der Waals surface area contributed by atoms with E-state index in [0.29, 0.717) is 0 Å². The first-order valence-electron chi connectivity index (χ1n) is 10.6. The number of phenols is 2. The lowest BCUT2D eigenvalue weighted by Gasteiger charge is -2.25. The molecule has 192 valence electrons. The van der Waals surface area contributed by atoms with Gasteiger partial charge in [-0.1, -0.05) is 12.1 Å². The van der Waals surface area contributed by atoms with Crippen LogP contribution in [0.2, 0.25) is 0 Å². The van der Waals surface area contributed by atoms with Gasteiger partial charge >= 0.3 is 0 Å². The minimum Gasteiger partial charge on any atom is -0.507 e. The third-order valence-corrected chi connectivity index (χ3v) is 5.87. The first-order valence-corrected chi connectivity index (χ1v) is 10.6. The van der Waals surface area contributed by atoms with Crippen molar-refractivity contribution >= 4 is 34.3 Å². The van der Waals surface area contributed by atoms with E-state index >= 15 is 8.78 Å². The molecule has 0 saturated heterocycles. The Morgan fingerprint density at radius 3 is 1.11 bits per heavy atom. The maximum absolute atomic E-state index is 16.0. The number of rotatable bonds is 4. The van der Waals surface area contributed by atoms with Crippen molar-refractivity contribution < 1.29 is 46.1 Å². The van der Waals surface area contributed by atoms with E-state index in [0.717, 1.165) is 48.5 Å². The monoisotopic (exact) mass is 530 g/mol. The number of para-hydroxylation sites is 2. The highest BCUT2D eigenvalue weighted by atomic mass is 19.2. The van der Waals surface area contributed by atoms with E-state index < -0.39 is 103 Å². The van der Waals surface area contributed by atoms with E-state index in [1.165, 1.54) is 0 Å². The average Bonchev–Trinajstić information content (AvgIpc) is 2.86. The molecule has 0 radical (unpaired) electrons. The first-order chi connectivity index (χ1) is 18.0. The number of carbonyl (C=O) groups is 2. The van der Waals surface area contributed by atoms with E-state index in [1.54, 1.807) is 0 Å². The molecule has 0 fully saturated rings. The number of benzene rings is 4. The normalized spacial score (nSPS) is 12.3. The summed E-state index contributed by atoms with van der Waals surface area (Å²) in [5, 5.41) is 24.2.